The predicted molar refractivity (Wildman–Crippen MR) is 167 cm³/mol. The van der Waals surface area contributed by atoms with Crippen LogP contribution in [0.15, 0.2) is 66.0 Å². The summed E-state index contributed by atoms with van der Waals surface area (Å²) >= 11 is 1.21. The molecule has 0 radical (unpaired) electrons. The van der Waals surface area contributed by atoms with Gasteiger partial charge in [-0.1, -0.05) is 31.7 Å². The van der Waals surface area contributed by atoms with Crippen LogP contribution in [0.25, 0.3) is 17.2 Å². The maximum absolute atomic E-state index is 13.0. The van der Waals surface area contributed by atoms with Crippen LogP contribution >= 0.6 is 11.8 Å². The highest BCUT2D eigenvalue weighted by Crippen LogP contribution is 2.36. The molecule has 3 amide bonds. The lowest BCUT2D eigenvalue weighted by molar-refractivity contribution is -0.274. The Bertz CT molecular complexity index is 1770. The molecule has 0 saturated carbocycles. The quantitative estimate of drug-likeness (QED) is 0.247. The number of hydrogen-bond acceptors (Lipinski definition) is 8. The number of amides is 3. The topological polar surface area (TPSA) is 118 Å². The van der Waals surface area contributed by atoms with Gasteiger partial charge in [-0.25, -0.2) is 19.4 Å². The van der Waals surface area contributed by atoms with Gasteiger partial charge in [0, 0.05) is 31.0 Å². The highest BCUT2D eigenvalue weighted by atomic mass is 32.2. The molecule has 3 heterocycles. The molecule has 2 aromatic carbocycles. The van der Waals surface area contributed by atoms with Crippen LogP contribution < -0.4 is 19.9 Å². The van der Waals surface area contributed by atoms with Crippen molar-refractivity contribution < 1.29 is 27.5 Å². The van der Waals surface area contributed by atoms with Gasteiger partial charge in [-0.05, 0) is 66.4 Å². The van der Waals surface area contributed by atoms with Crippen LogP contribution in [0.5, 0.6) is 5.75 Å². The summed E-state index contributed by atoms with van der Waals surface area (Å²) in [5, 5.41) is 7.45. The summed E-state index contributed by atoms with van der Waals surface area (Å²) in [6, 6.07) is 12.9. The number of benzene rings is 2. The maximum atomic E-state index is 13.0. The number of ether oxygens (including phenoxy) is 1. The van der Waals surface area contributed by atoms with Crippen LogP contribution in [-0.4, -0.2) is 63.1 Å². The SMILES string of the molecule is Cc1cc(-c2ncn(-c3ccc(OC(F)(F)F)cn3)n2)ccc1NC(=O)/N=C1\SCC(=O)N1c1cc(N(C)C)ccc1C(C)C. The fourth-order valence-electron chi connectivity index (χ4n) is 4.55. The van der Waals surface area contributed by atoms with Crippen molar-refractivity contribution >= 4 is 45.9 Å². The average Bonchev–Trinajstić information content (AvgIpc) is 3.60. The van der Waals surface area contributed by atoms with Gasteiger partial charge in [0.15, 0.2) is 16.8 Å². The standard InChI is InChI=1S/C30H29F3N8O3S/c1-17(2)22-9-7-20(39(4)5)13-24(22)41-26(42)15-45-29(41)37-28(43)36-23-10-6-19(12-18(23)3)27-35-16-40(38-27)25-11-8-21(14-34-25)44-30(31,32)33/h6-14,16-17H,15H2,1-5H3,(H,36,43)/b37-29-. The van der Waals surface area contributed by atoms with E-state index in [-0.39, 0.29) is 23.4 Å². The third kappa shape index (κ3) is 7.25. The number of hydrogen-bond donors (Lipinski definition) is 1. The van der Waals surface area contributed by atoms with Crippen LogP contribution in [0.3, 0.4) is 0 Å². The fourth-order valence-corrected chi connectivity index (χ4v) is 5.41. The monoisotopic (exact) mass is 638 g/mol. The summed E-state index contributed by atoms with van der Waals surface area (Å²) in [6.07, 6.45) is -2.49. The summed E-state index contributed by atoms with van der Waals surface area (Å²) in [5.74, 6) is 0.290. The van der Waals surface area contributed by atoms with Crippen LogP contribution in [0.1, 0.15) is 30.9 Å². The van der Waals surface area contributed by atoms with Gasteiger partial charge in [0.2, 0.25) is 5.91 Å². The van der Waals surface area contributed by atoms with Crippen molar-refractivity contribution in [1.29, 1.82) is 0 Å². The fraction of sp³-hybridized carbons (Fsp3) is 0.267. The summed E-state index contributed by atoms with van der Waals surface area (Å²) in [5.41, 5.74) is 4.44. The molecule has 45 heavy (non-hydrogen) atoms. The summed E-state index contributed by atoms with van der Waals surface area (Å²) in [7, 11) is 3.84. The number of nitrogens with one attached hydrogen (secondary N) is 1. The zero-order valence-electron chi connectivity index (χ0n) is 25.0. The smallest absolute Gasteiger partial charge is 0.404 e. The predicted octanol–water partition coefficient (Wildman–Crippen LogP) is 6.39. The number of amidine groups is 1. The van der Waals surface area contributed by atoms with Gasteiger partial charge in [0.25, 0.3) is 0 Å². The zero-order valence-corrected chi connectivity index (χ0v) is 25.8. The number of pyridine rings is 1. The van der Waals surface area contributed by atoms with Crippen molar-refractivity contribution in [3.8, 4) is 23.0 Å². The first-order valence-electron chi connectivity index (χ1n) is 13.7. The molecule has 0 bridgehead atoms. The number of aromatic nitrogens is 4. The molecule has 0 aliphatic carbocycles. The molecule has 11 nitrogen and oxygen atoms in total. The Morgan fingerprint density at radius 1 is 1.11 bits per heavy atom. The normalized spacial score (nSPS) is 14.4. The Balaban J connectivity index is 1.32. The Kier molecular flexibility index (Phi) is 8.82. The molecule has 0 atom stereocenters. The molecular formula is C30H29F3N8O3S. The maximum Gasteiger partial charge on any atom is 0.573 e. The van der Waals surface area contributed by atoms with Gasteiger partial charge in [-0.15, -0.1) is 18.3 Å². The van der Waals surface area contributed by atoms with Crippen molar-refractivity contribution in [3.63, 3.8) is 0 Å². The van der Waals surface area contributed by atoms with E-state index >= 15 is 0 Å². The largest absolute Gasteiger partial charge is 0.573 e. The van der Waals surface area contributed by atoms with Crippen molar-refractivity contribution in [3.05, 3.63) is 72.2 Å². The first-order valence-corrected chi connectivity index (χ1v) is 14.7. The number of aryl methyl sites for hydroxylation is 1. The van der Waals surface area contributed by atoms with Crippen LogP contribution in [-0.2, 0) is 4.79 Å². The Hall–Kier alpha value is -4.92. The number of anilines is 3. The lowest BCUT2D eigenvalue weighted by atomic mass is 9.99. The molecule has 234 valence electrons. The van der Waals surface area contributed by atoms with E-state index in [4.69, 9.17) is 0 Å². The third-order valence-electron chi connectivity index (χ3n) is 6.76. The molecule has 1 aliphatic heterocycles. The third-order valence-corrected chi connectivity index (χ3v) is 7.69. The number of aliphatic imine (C=N–C) groups is 1. The second-order valence-electron chi connectivity index (χ2n) is 10.6. The van der Waals surface area contributed by atoms with Crippen molar-refractivity contribution in [1.82, 2.24) is 19.7 Å². The molecule has 1 saturated heterocycles. The number of carbonyl (C=O) groups is 2. The minimum absolute atomic E-state index is 0.140. The second-order valence-corrected chi connectivity index (χ2v) is 11.5. The minimum Gasteiger partial charge on any atom is -0.404 e. The number of urea groups is 1. The molecule has 1 aliphatic rings. The number of carbonyl (C=O) groups excluding carboxylic acids is 2. The van der Waals surface area contributed by atoms with E-state index in [1.54, 1.807) is 25.1 Å². The van der Waals surface area contributed by atoms with E-state index in [1.165, 1.54) is 33.7 Å². The molecule has 1 fully saturated rings. The van der Waals surface area contributed by atoms with E-state index in [0.717, 1.165) is 23.5 Å². The molecule has 2 aromatic heterocycles. The minimum atomic E-state index is -4.81. The van der Waals surface area contributed by atoms with Crippen LogP contribution in [0, 0.1) is 6.92 Å². The molecule has 0 spiro atoms. The number of alkyl halides is 3. The molecule has 0 unspecified atom stereocenters. The second kappa shape index (κ2) is 12.6. The summed E-state index contributed by atoms with van der Waals surface area (Å²) in [6.45, 7) is 5.89. The Morgan fingerprint density at radius 2 is 1.89 bits per heavy atom. The molecular weight excluding hydrogens is 609 g/mol. The number of nitrogens with zero attached hydrogens (tertiary/aromatic N) is 7. The van der Waals surface area contributed by atoms with Gasteiger partial charge >= 0.3 is 12.4 Å². The van der Waals surface area contributed by atoms with Gasteiger partial charge in [0.05, 0.1) is 17.6 Å². The molecule has 4 aromatic rings. The molecule has 1 N–H and O–H groups in total. The van der Waals surface area contributed by atoms with Crippen LogP contribution in [0.4, 0.5) is 35.0 Å². The van der Waals surface area contributed by atoms with Gasteiger partial charge in [0.1, 0.15) is 12.1 Å². The van der Waals surface area contributed by atoms with Gasteiger partial charge in [-0.2, -0.15) is 4.99 Å². The van der Waals surface area contributed by atoms with Crippen LogP contribution in [0.2, 0.25) is 0 Å². The van der Waals surface area contributed by atoms with E-state index < -0.39 is 18.1 Å². The highest BCUT2D eigenvalue weighted by Gasteiger charge is 2.33. The number of halogens is 3. The summed E-state index contributed by atoms with van der Waals surface area (Å²) in [4.78, 5) is 42.0. The van der Waals surface area contributed by atoms with E-state index in [1.807, 2.05) is 51.0 Å². The van der Waals surface area contributed by atoms with Gasteiger partial charge in [-0.3, -0.25) is 9.69 Å². The lowest BCUT2D eigenvalue weighted by Gasteiger charge is -2.24. The molecule has 5 rings (SSSR count). The zero-order chi connectivity index (χ0) is 32.5. The van der Waals surface area contributed by atoms with E-state index in [2.05, 4.69) is 30.1 Å². The van der Waals surface area contributed by atoms with Gasteiger partial charge < -0.3 is 15.0 Å². The van der Waals surface area contributed by atoms with E-state index in [0.29, 0.717) is 33.5 Å². The first-order chi connectivity index (χ1) is 21.3. The first kappa shape index (κ1) is 31.5. The lowest BCUT2D eigenvalue weighted by Crippen LogP contribution is -2.31. The average molecular weight is 639 g/mol. The van der Waals surface area contributed by atoms with E-state index in [9.17, 15) is 22.8 Å². The number of thioether (sulfide) groups is 1. The van der Waals surface area contributed by atoms with Crippen molar-refractivity contribution in [2.45, 2.75) is 33.1 Å². The Morgan fingerprint density at radius 3 is 2.53 bits per heavy atom. The number of rotatable bonds is 7. The Labute approximate surface area is 261 Å². The highest BCUT2D eigenvalue weighted by molar-refractivity contribution is 8.15. The van der Waals surface area contributed by atoms with Crippen molar-refractivity contribution in [2.75, 3.05) is 35.0 Å². The summed E-state index contributed by atoms with van der Waals surface area (Å²) < 4.78 is 42.4. The molecule has 15 heteroatoms. The van der Waals surface area contributed by atoms with Crippen molar-refractivity contribution in [2.24, 2.45) is 4.99 Å².